The van der Waals surface area contributed by atoms with Crippen molar-refractivity contribution in [1.29, 1.82) is 0 Å². The summed E-state index contributed by atoms with van der Waals surface area (Å²) in [5, 5.41) is 3.21. The van der Waals surface area contributed by atoms with Crippen LogP contribution in [0, 0.1) is 11.6 Å². The number of nitrogens with zero attached hydrogens (tertiary/aromatic N) is 1. The van der Waals surface area contributed by atoms with E-state index >= 15 is 0 Å². The van der Waals surface area contributed by atoms with E-state index in [0.717, 1.165) is 23.0 Å². The van der Waals surface area contributed by atoms with Crippen LogP contribution >= 0.6 is 0 Å². The maximum Gasteiger partial charge on any atom is 0.262 e. The van der Waals surface area contributed by atoms with Crippen LogP contribution in [0.3, 0.4) is 0 Å². The molecule has 6 heteroatoms. The van der Waals surface area contributed by atoms with E-state index in [1.54, 1.807) is 30.5 Å². The molecule has 0 aliphatic rings. The number of carbonyl (C=O) groups is 1. The van der Waals surface area contributed by atoms with Gasteiger partial charge in [-0.2, -0.15) is 0 Å². The second-order valence-corrected chi connectivity index (χ2v) is 4.82. The lowest BCUT2D eigenvalue weighted by Crippen LogP contribution is -2.20. The summed E-state index contributed by atoms with van der Waals surface area (Å²) < 4.78 is 31.6. The lowest BCUT2D eigenvalue weighted by Gasteiger charge is -2.09. The van der Waals surface area contributed by atoms with E-state index in [1.165, 1.54) is 0 Å². The Labute approximate surface area is 130 Å². The molecule has 1 aromatic heterocycles. The number of fused-ring (bicyclic) bond motifs is 1. The molecule has 116 valence electrons. The molecular weight excluding hydrogens is 302 g/mol. The van der Waals surface area contributed by atoms with Gasteiger partial charge in [-0.3, -0.25) is 9.78 Å². The average molecular weight is 314 g/mol. The minimum Gasteiger partial charge on any atom is -0.484 e. The molecule has 1 N–H and O–H groups in total. The number of amides is 1. The first-order valence-corrected chi connectivity index (χ1v) is 6.84. The van der Waals surface area contributed by atoms with Gasteiger partial charge in [0.25, 0.3) is 5.91 Å². The molecule has 0 fully saturated rings. The van der Waals surface area contributed by atoms with Gasteiger partial charge in [-0.25, -0.2) is 8.78 Å². The summed E-state index contributed by atoms with van der Waals surface area (Å²) in [6, 6.07) is 11.8. The number of hydrogen-bond donors (Lipinski definition) is 1. The molecule has 0 aliphatic heterocycles. The number of nitrogens with one attached hydrogen (secondary N) is 1. The van der Waals surface area contributed by atoms with Crippen LogP contribution in [-0.2, 0) is 4.79 Å². The Morgan fingerprint density at radius 1 is 1.13 bits per heavy atom. The Hall–Kier alpha value is -3.02. The van der Waals surface area contributed by atoms with E-state index in [2.05, 4.69) is 10.3 Å². The van der Waals surface area contributed by atoms with Crippen LogP contribution in [0.2, 0.25) is 0 Å². The first-order chi connectivity index (χ1) is 11.1. The van der Waals surface area contributed by atoms with Crippen LogP contribution in [0.4, 0.5) is 14.5 Å². The second-order valence-electron chi connectivity index (χ2n) is 4.82. The van der Waals surface area contributed by atoms with E-state index in [0.29, 0.717) is 11.8 Å². The molecule has 3 rings (SSSR count). The van der Waals surface area contributed by atoms with E-state index in [-0.39, 0.29) is 12.3 Å². The smallest absolute Gasteiger partial charge is 0.262 e. The van der Waals surface area contributed by atoms with E-state index < -0.39 is 17.5 Å². The Balaban J connectivity index is 1.63. The maximum atomic E-state index is 13.4. The molecule has 23 heavy (non-hydrogen) atoms. The monoisotopic (exact) mass is 314 g/mol. The third-order valence-electron chi connectivity index (χ3n) is 3.15. The quantitative estimate of drug-likeness (QED) is 0.801. The Morgan fingerprint density at radius 3 is 2.83 bits per heavy atom. The summed E-state index contributed by atoms with van der Waals surface area (Å²) in [6.07, 6.45) is 1.69. The van der Waals surface area contributed by atoms with Gasteiger partial charge in [0.15, 0.2) is 6.61 Å². The molecule has 0 saturated carbocycles. The standard InChI is InChI=1S/C17H12F2N2O2/c18-12-3-5-16(14(19)9-12)21-17(22)10-23-13-4-6-15-11(8-13)2-1-7-20-15/h1-9H,10H2,(H,21,22). The van der Waals surface area contributed by atoms with Crippen LogP contribution in [-0.4, -0.2) is 17.5 Å². The first kappa shape index (κ1) is 14.9. The number of ether oxygens (including phenoxy) is 1. The summed E-state index contributed by atoms with van der Waals surface area (Å²) >= 11 is 0. The van der Waals surface area contributed by atoms with Crippen molar-refractivity contribution in [2.75, 3.05) is 11.9 Å². The molecule has 4 nitrogen and oxygen atoms in total. The van der Waals surface area contributed by atoms with Gasteiger partial charge in [0.2, 0.25) is 0 Å². The number of pyridine rings is 1. The maximum absolute atomic E-state index is 13.4. The number of anilines is 1. The lowest BCUT2D eigenvalue weighted by atomic mass is 10.2. The van der Waals surface area contributed by atoms with E-state index in [4.69, 9.17) is 4.74 Å². The number of aromatic nitrogens is 1. The van der Waals surface area contributed by atoms with Gasteiger partial charge in [-0.05, 0) is 36.4 Å². The molecule has 0 aliphatic carbocycles. The van der Waals surface area contributed by atoms with Crippen LogP contribution in [0.1, 0.15) is 0 Å². The number of halogens is 2. The van der Waals surface area contributed by atoms with Crippen LogP contribution in [0.5, 0.6) is 5.75 Å². The first-order valence-electron chi connectivity index (χ1n) is 6.84. The molecule has 0 saturated heterocycles. The van der Waals surface area contributed by atoms with Crippen LogP contribution < -0.4 is 10.1 Å². The van der Waals surface area contributed by atoms with Crippen molar-refractivity contribution >= 4 is 22.5 Å². The molecule has 1 heterocycles. The highest BCUT2D eigenvalue weighted by Gasteiger charge is 2.09. The zero-order valence-electron chi connectivity index (χ0n) is 11.9. The molecule has 2 aromatic carbocycles. The topological polar surface area (TPSA) is 51.2 Å². The third-order valence-corrected chi connectivity index (χ3v) is 3.15. The largest absolute Gasteiger partial charge is 0.484 e. The van der Waals surface area contributed by atoms with Crippen LogP contribution in [0.15, 0.2) is 54.7 Å². The number of benzene rings is 2. The summed E-state index contributed by atoms with van der Waals surface area (Å²) in [5.41, 5.74) is 0.723. The van der Waals surface area contributed by atoms with Crippen molar-refractivity contribution < 1.29 is 18.3 Å². The number of hydrogen-bond acceptors (Lipinski definition) is 3. The SMILES string of the molecule is O=C(COc1ccc2ncccc2c1)Nc1ccc(F)cc1F. The number of carbonyl (C=O) groups excluding carboxylic acids is 1. The van der Waals surface area contributed by atoms with Gasteiger partial charge in [0, 0.05) is 17.6 Å². The van der Waals surface area contributed by atoms with Crippen molar-refractivity contribution in [1.82, 2.24) is 4.98 Å². The zero-order valence-corrected chi connectivity index (χ0v) is 11.9. The highest BCUT2D eigenvalue weighted by atomic mass is 19.1. The van der Waals surface area contributed by atoms with E-state index in [1.807, 2.05) is 6.07 Å². The predicted octanol–water partition coefficient (Wildman–Crippen LogP) is 3.53. The zero-order chi connectivity index (χ0) is 16.2. The predicted molar refractivity (Wildman–Crippen MR) is 82.2 cm³/mol. The van der Waals surface area contributed by atoms with Crippen molar-refractivity contribution in [3.8, 4) is 5.75 Å². The Morgan fingerprint density at radius 2 is 2.00 bits per heavy atom. The molecule has 1 amide bonds. The molecule has 3 aromatic rings. The molecule has 0 atom stereocenters. The minimum atomic E-state index is -0.838. The fourth-order valence-electron chi connectivity index (χ4n) is 2.07. The summed E-state index contributed by atoms with van der Waals surface area (Å²) in [7, 11) is 0. The lowest BCUT2D eigenvalue weighted by molar-refractivity contribution is -0.118. The van der Waals surface area contributed by atoms with Gasteiger partial charge in [-0.1, -0.05) is 6.07 Å². The van der Waals surface area contributed by atoms with Gasteiger partial charge in [0.1, 0.15) is 17.4 Å². The van der Waals surface area contributed by atoms with Crippen LogP contribution in [0.25, 0.3) is 10.9 Å². The Bertz CT molecular complexity index is 868. The van der Waals surface area contributed by atoms with Crippen molar-refractivity contribution in [3.63, 3.8) is 0 Å². The summed E-state index contributed by atoms with van der Waals surface area (Å²) in [6.45, 7) is -0.289. The van der Waals surface area contributed by atoms with Gasteiger partial charge < -0.3 is 10.1 Å². The second kappa shape index (κ2) is 6.39. The summed E-state index contributed by atoms with van der Waals surface area (Å²) in [5.74, 6) is -1.58. The highest BCUT2D eigenvalue weighted by Crippen LogP contribution is 2.19. The van der Waals surface area contributed by atoms with Crippen molar-refractivity contribution in [2.24, 2.45) is 0 Å². The fourth-order valence-corrected chi connectivity index (χ4v) is 2.07. The minimum absolute atomic E-state index is 0.0947. The molecule has 0 spiro atoms. The van der Waals surface area contributed by atoms with Gasteiger partial charge in [0.05, 0.1) is 11.2 Å². The Kier molecular flexibility index (Phi) is 4.14. The van der Waals surface area contributed by atoms with Crippen molar-refractivity contribution in [3.05, 3.63) is 66.4 Å². The molecule has 0 unspecified atom stereocenters. The number of rotatable bonds is 4. The van der Waals surface area contributed by atoms with Gasteiger partial charge in [-0.15, -0.1) is 0 Å². The van der Waals surface area contributed by atoms with Gasteiger partial charge >= 0.3 is 0 Å². The third kappa shape index (κ3) is 3.60. The molecule has 0 bridgehead atoms. The highest BCUT2D eigenvalue weighted by molar-refractivity contribution is 5.92. The average Bonchev–Trinajstić information content (AvgIpc) is 2.55. The normalized spacial score (nSPS) is 10.5. The fraction of sp³-hybridized carbons (Fsp3) is 0.0588. The van der Waals surface area contributed by atoms with E-state index in [9.17, 15) is 13.6 Å². The van der Waals surface area contributed by atoms with Crippen molar-refractivity contribution in [2.45, 2.75) is 0 Å². The summed E-state index contributed by atoms with van der Waals surface area (Å²) in [4.78, 5) is 16.0. The molecular formula is C17H12F2N2O2. The molecule has 0 radical (unpaired) electrons.